The first-order valence-corrected chi connectivity index (χ1v) is 12.2. The number of aryl methyl sites for hydroxylation is 1. The van der Waals surface area contributed by atoms with Gasteiger partial charge < -0.3 is 29.0 Å². The summed E-state index contributed by atoms with van der Waals surface area (Å²) in [7, 11) is 0. The number of anilines is 2. The topological polar surface area (TPSA) is 94.0 Å². The summed E-state index contributed by atoms with van der Waals surface area (Å²) < 4.78 is 19.0. The predicted molar refractivity (Wildman–Crippen MR) is 133 cm³/mol. The molecule has 0 unspecified atom stereocenters. The number of morpholine rings is 2. The average Bonchev–Trinajstić information content (AvgIpc) is 3.32. The number of fused-ring (bicyclic) bond motifs is 1. The molecule has 0 atom stereocenters. The predicted octanol–water partition coefficient (Wildman–Crippen LogP) is 2.25. The molecule has 0 radical (unpaired) electrons. The minimum atomic E-state index is -0.297. The van der Waals surface area contributed by atoms with Crippen LogP contribution in [0.1, 0.15) is 17.4 Å². The van der Waals surface area contributed by atoms with E-state index < -0.39 is 0 Å². The van der Waals surface area contributed by atoms with Crippen LogP contribution in [-0.2, 0) is 16.0 Å². The average molecular weight is 481 g/mol. The molecule has 2 aromatic heterocycles. The summed E-state index contributed by atoms with van der Waals surface area (Å²) in [5, 5.41) is 4.13. The number of rotatable bonds is 8. The Bertz CT molecular complexity index is 1150. The van der Waals surface area contributed by atoms with Crippen molar-refractivity contribution in [2.75, 3.05) is 76.0 Å². The van der Waals surface area contributed by atoms with Crippen LogP contribution in [0.3, 0.4) is 0 Å². The maximum Gasteiger partial charge on any atom is 0.274 e. The molecule has 35 heavy (non-hydrogen) atoms. The molecule has 1 amide bonds. The van der Waals surface area contributed by atoms with E-state index in [0.29, 0.717) is 44.7 Å². The number of carbonyl (C=O) groups excluding carboxylic acids is 1. The van der Waals surface area contributed by atoms with Gasteiger partial charge in [0.25, 0.3) is 5.91 Å². The molecule has 0 bridgehead atoms. The Morgan fingerprint density at radius 3 is 2.57 bits per heavy atom. The van der Waals surface area contributed by atoms with E-state index in [1.807, 2.05) is 23.1 Å². The van der Waals surface area contributed by atoms with Crippen molar-refractivity contribution in [3.8, 4) is 5.88 Å². The van der Waals surface area contributed by atoms with Gasteiger partial charge in [0.1, 0.15) is 12.3 Å². The lowest BCUT2D eigenvalue weighted by Gasteiger charge is -2.27. The van der Waals surface area contributed by atoms with E-state index in [-0.39, 0.29) is 11.6 Å². The van der Waals surface area contributed by atoms with Gasteiger partial charge in [0.2, 0.25) is 11.8 Å². The monoisotopic (exact) mass is 480 g/mol. The minimum absolute atomic E-state index is 0.272. The van der Waals surface area contributed by atoms with Crippen molar-refractivity contribution in [2.45, 2.75) is 13.5 Å². The standard InChI is InChI=1S/C25H32N6O4/c1-2-30-6-5-19-3-4-20(17-22(19)30)26-24(32)21-18-23(35-16-9-29-7-12-33-13-8-29)28-25(27-21)31-10-14-34-15-11-31/h3-6,17-18H,2,7-16H2,1H3,(H,26,32). The van der Waals surface area contributed by atoms with Gasteiger partial charge >= 0.3 is 0 Å². The Kier molecular flexibility index (Phi) is 7.41. The van der Waals surface area contributed by atoms with E-state index in [0.717, 1.165) is 56.0 Å². The highest BCUT2D eigenvalue weighted by Gasteiger charge is 2.20. The smallest absolute Gasteiger partial charge is 0.274 e. The summed E-state index contributed by atoms with van der Waals surface area (Å²) in [4.78, 5) is 26.7. The van der Waals surface area contributed by atoms with E-state index >= 15 is 0 Å². The Balaban J connectivity index is 1.33. The van der Waals surface area contributed by atoms with E-state index in [4.69, 9.17) is 14.2 Å². The van der Waals surface area contributed by atoms with Gasteiger partial charge in [-0.1, -0.05) is 6.07 Å². The first-order chi connectivity index (χ1) is 17.2. The molecule has 10 heteroatoms. The van der Waals surface area contributed by atoms with Crippen LogP contribution in [-0.4, -0.2) is 91.1 Å². The van der Waals surface area contributed by atoms with E-state index in [9.17, 15) is 4.79 Å². The molecule has 0 saturated carbocycles. The molecule has 2 fully saturated rings. The van der Waals surface area contributed by atoms with Gasteiger partial charge in [-0.25, -0.2) is 4.98 Å². The number of ether oxygens (including phenoxy) is 3. The third-order valence-corrected chi connectivity index (χ3v) is 6.35. The van der Waals surface area contributed by atoms with Crippen molar-refractivity contribution in [1.29, 1.82) is 0 Å². The number of hydrogen-bond acceptors (Lipinski definition) is 8. The summed E-state index contributed by atoms with van der Waals surface area (Å²) in [6.07, 6.45) is 2.05. The summed E-state index contributed by atoms with van der Waals surface area (Å²) >= 11 is 0. The van der Waals surface area contributed by atoms with Gasteiger partial charge in [-0.15, -0.1) is 0 Å². The number of nitrogens with one attached hydrogen (secondary N) is 1. The van der Waals surface area contributed by atoms with E-state index in [1.54, 1.807) is 6.07 Å². The zero-order chi connectivity index (χ0) is 24.0. The molecule has 0 spiro atoms. The lowest BCUT2D eigenvalue weighted by Crippen LogP contribution is -2.39. The van der Waals surface area contributed by atoms with Gasteiger partial charge in [0.05, 0.1) is 31.9 Å². The SMILES string of the molecule is CCn1ccc2ccc(NC(=O)c3cc(OCCN4CCOCC4)nc(N4CCOCC4)n3)cc21. The Morgan fingerprint density at radius 2 is 1.80 bits per heavy atom. The van der Waals surface area contributed by atoms with Crippen LogP contribution in [0, 0.1) is 0 Å². The quantitative estimate of drug-likeness (QED) is 0.525. The highest BCUT2D eigenvalue weighted by molar-refractivity contribution is 6.04. The van der Waals surface area contributed by atoms with Gasteiger partial charge in [-0.2, -0.15) is 4.98 Å². The van der Waals surface area contributed by atoms with Crippen LogP contribution in [0.4, 0.5) is 11.6 Å². The molecular weight excluding hydrogens is 448 g/mol. The maximum atomic E-state index is 13.2. The number of nitrogens with zero attached hydrogens (tertiary/aromatic N) is 5. The van der Waals surface area contributed by atoms with Gasteiger partial charge in [-0.05, 0) is 30.5 Å². The van der Waals surface area contributed by atoms with Crippen LogP contribution in [0.15, 0.2) is 36.5 Å². The first kappa shape index (κ1) is 23.5. The highest BCUT2D eigenvalue weighted by atomic mass is 16.5. The molecule has 1 N–H and O–H groups in total. The molecule has 186 valence electrons. The number of hydrogen-bond donors (Lipinski definition) is 1. The lowest BCUT2D eigenvalue weighted by atomic mass is 10.2. The molecule has 1 aromatic carbocycles. The number of aromatic nitrogens is 3. The molecule has 0 aliphatic carbocycles. The molecule has 10 nitrogen and oxygen atoms in total. The van der Waals surface area contributed by atoms with Gasteiger partial charge in [0.15, 0.2) is 0 Å². The fourth-order valence-corrected chi connectivity index (χ4v) is 4.34. The molecule has 3 aromatic rings. The van der Waals surface area contributed by atoms with Crippen molar-refractivity contribution >= 4 is 28.4 Å². The van der Waals surface area contributed by atoms with Crippen LogP contribution < -0.4 is 15.0 Å². The highest BCUT2D eigenvalue weighted by Crippen LogP contribution is 2.22. The molecule has 2 aliphatic rings. The minimum Gasteiger partial charge on any atom is -0.476 e. The lowest BCUT2D eigenvalue weighted by molar-refractivity contribution is 0.0320. The second-order valence-electron chi connectivity index (χ2n) is 8.62. The van der Waals surface area contributed by atoms with Crippen molar-refractivity contribution in [3.05, 3.63) is 42.2 Å². The molecule has 2 saturated heterocycles. The second kappa shape index (κ2) is 11.0. The van der Waals surface area contributed by atoms with Crippen LogP contribution in [0.5, 0.6) is 5.88 Å². The van der Waals surface area contributed by atoms with Crippen molar-refractivity contribution < 1.29 is 19.0 Å². The fraction of sp³-hybridized carbons (Fsp3) is 0.480. The van der Waals surface area contributed by atoms with Gasteiger partial charge in [0, 0.05) is 57.2 Å². The van der Waals surface area contributed by atoms with Crippen LogP contribution >= 0.6 is 0 Å². The Hall–Kier alpha value is -3.21. The number of carbonyl (C=O) groups is 1. The van der Waals surface area contributed by atoms with Gasteiger partial charge in [-0.3, -0.25) is 9.69 Å². The van der Waals surface area contributed by atoms with Crippen LogP contribution in [0.2, 0.25) is 0 Å². The normalized spacial score (nSPS) is 17.0. The van der Waals surface area contributed by atoms with Crippen molar-refractivity contribution in [2.24, 2.45) is 0 Å². The maximum absolute atomic E-state index is 13.2. The number of benzene rings is 1. The third kappa shape index (κ3) is 5.72. The molecule has 5 rings (SSSR count). The Morgan fingerprint density at radius 1 is 1.03 bits per heavy atom. The van der Waals surface area contributed by atoms with E-state index in [1.165, 1.54) is 0 Å². The summed E-state index contributed by atoms with van der Waals surface area (Å²) in [5.74, 6) is 0.585. The summed E-state index contributed by atoms with van der Waals surface area (Å²) in [5.41, 5.74) is 2.07. The third-order valence-electron chi connectivity index (χ3n) is 6.35. The first-order valence-electron chi connectivity index (χ1n) is 12.2. The molecular formula is C25H32N6O4. The van der Waals surface area contributed by atoms with E-state index in [2.05, 4.69) is 43.9 Å². The van der Waals surface area contributed by atoms with Crippen LogP contribution in [0.25, 0.3) is 10.9 Å². The fourth-order valence-electron chi connectivity index (χ4n) is 4.34. The Labute approximate surface area is 204 Å². The number of amides is 1. The second-order valence-corrected chi connectivity index (χ2v) is 8.62. The summed E-state index contributed by atoms with van der Waals surface area (Å²) in [6.45, 7) is 10.0. The largest absolute Gasteiger partial charge is 0.476 e. The van der Waals surface area contributed by atoms with Crippen molar-refractivity contribution in [3.63, 3.8) is 0 Å². The van der Waals surface area contributed by atoms with Crippen molar-refractivity contribution in [1.82, 2.24) is 19.4 Å². The molecule has 4 heterocycles. The molecule has 2 aliphatic heterocycles. The summed E-state index contributed by atoms with van der Waals surface area (Å²) in [6, 6.07) is 9.59. The zero-order valence-electron chi connectivity index (χ0n) is 20.1. The zero-order valence-corrected chi connectivity index (χ0v) is 20.1.